The van der Waals surface area contributed by atoms with E-state index in [0.29, 0.717) is 5.16 Å². The van der Waals surface area contributed by atoms with Gasteiger partial charge in [0.2, 0.25) is 17.0 Å². The zero-order chi connectivity index (χ0) is 20.2. The number of nitrogens with zero attached hydrogens (tertiary/aromatic N) is 5. The molecule has 9 heteroatoms. The number of aryl methyl sites for hydroxylation is 2. The highest BCUT2D eigenvalue weighted by molar-refractivity contribution is 7.99. The second-order valence-corrected chi connectivity index (χ2v) is 8.42. The Morgan fingerprint density at radius 2 is 1.93 bits per heavy atom. The average molecular weight is 391 g/mol. The van der Waals surface area contributed by atoms with Crippen molar-refractivity contribution in [3.05, 3.63) is 29.3 Å². The molecule has 0 atom stereocenters. The number of aromatic nitrogens is 4. The first-order chi connectivity index (χ1) is 12.6. The summed E-state index contributed by atoms with van der Waals surface area (Å²) in [4.78, 5) is 25.7. The molecular formula is C18H26N6O2S. The quantitative estimate of drug-likeness (QED) is 0.756. The van der Waals surface area contributed by atoms with Crippen molar-refractivity contribution in [2.24, 2.45) is 0 Å². The van der Waals surface area contributed by atoms with Crippen molar-refractivity contribution in [1.29, 1.82) is 0 Å². The van der Waals surface area contributed by atoms with E-state index in [2.05, 4.69) is 20.8 Å². The predicted molar refractivity (Wildman–Crippen MR) is 105 cm³/mol. The second-order valence-electron chi connectivity index (χ2n) is 7.48. The van der Waals surface area contributed by atoms with Gasteiger partial charge in [-0.2, -0.15) is 4.68 Å². The summed E-state index contributed by atoms with van der Waals surface area (Å²) in [6, 6.07) is 5.95. The third-order valence-corrected chi connectivity index (χ3v) is 4.73. The number of amides is 2. The number of nitrogens with one attached hydrogen (secondary N) is 1. The Labute approximate surface area is 163 Å². The molecule has 0 aliphatic heterocycles. The molecule has 0 unspecified atom stereocenters. The summed E-state index contributed by atoms with van der Waals surface area (Å²) in [5.41, 5.74) is 2.84. The lowest BCUT2D eigenvalue weighted by atomic mass is 10.1. The van der Waals surface area contributed by atoms with Gasteiger partial charge < -0.3 is 10.2 Å². The molecule has 146 valence electrons. The predicted octanol–water partition coefficient (Wildman–Crippen LogP) is 1.74. The van der Waals surface area contributed by atoms with Gasteiger partial charge in [-0.15, -0.1) is 5.10 Å². The third kappa shape index (κ3) is 6.06. The Balaban J connectivity index is 1.97. The summed E-state index contributed by atoms with van der Waals surface area (Å²) < 4.78 is 1.61. The maximum Gasteiger partial charge on any atom is 0.240 e. The van der Waals surface area contributed by atoms with E-state index in [1.165, 1.54) is 22.2 Å². The van der Waals surface area contributed by atoms with Gasteiger partial charge >= 0.3 is 0 Å². The fraction of sp³-hybridized carbons (Fsp3) is 0.500. The third-order valence-electron chi connectivity index (χ3n) is 3.82. The number of carbonyl (C=O) groups is 2. The number of likely N-dealkylation sites (N-methyl/N-ethyl adjacent to an activating group) is 1. The van der Waals surface area contributed by atoms with Crippen molar-refractivity contribution >= 4 is 23.6 Å². The van der Waals surface area contributed by atoms with Crippen LogP contribution in [0, 0.1) is 13.8 Å². The van der Waals surface area contributed by atoms with Gasteiger partial charge in [-0.1, -0.05) is 17.8 Å². The minimum atomic E-state index is -0.329. The van der Waals surface area contributed by atoms with Gasteiger partial charge in [0.05, 0.1) is 18.0 Å². The van der Waals surface area contributed by atoms with E-state index in [9.17, 15) is 9.59 Å². The first-order valence-corrected chi connectivity index (χ1v) is 9.59. The summed E-state index contributed by atoms with van der Waals surface area (Å²) in [5, 5.41) is 15.1. The van der Waals surface area contributed by atoms with Crippen LogP contribution in [0.25, 0.3) is 5.69 Å². The minimum absolute atomic E-state index is 0.0127. The van der Waals surface area contributed by atoms with Crippen LogP contribution >= 0.6 is 11.8 Å². The maximum atomic E-state index is 12.3. The topological polar surface area (TPSA) is 93.0 Å². The molecule has 0 saturated carbocycles. The first kappa shape index (κ1) is 20.9. The molecule has 1 aromatic heterocycles. The van der Waals surface area contributed by atoms with Crippen LogP contribution in [-0.2, 0) is 9.59 Å². The molecule has 0 spiro atoms. The van der Waals surface area contributed by atoms with E-state index in [4.69, 9.17) is 0 Å². The molecule has 2 amide bonds. The molecule has 0 aliphatic rings. The van der Waals surface area contributed by atoms with Crippen molar-refractivity contribution in [2.75, 3.05) is 19.3 Å². The fourth-order valence-electron chi connectivity index (χ4n) is 2.29. The Kier molecular flexibility index (Phi) is 6.59. The molecule has 1 N–H and O–H groups in total. The molecule has 0 bridgehead atoms. The standard InChI is InChI=1S/C18H26N6O2S/c1-12-7-8-14(9-13(12)2)24-17(20-21-22-24)27-11-16(26)23(6)10-15(25)19-18(3,4)5/h7-9H,10-11H2,1-6H3,(H,19,25). The molecule has 8 nitrogen and oxygen atoms in total. The monoisotopic (exact) mass is 390 g/mol. The minimum Gasteiger partial charge on any atom is -0.350 e. The van der Waals surface area contributed by atoms with Gasteiger partial charge in [-0.25, -0.2) is 0 Å². The van der Waals surface area contributed by atoms with Crippen molar-refractivity contribution in [3.8, 4) is 5.69 Å². The molecule has 1 heterocycles. The smallest absolute Gasteiger partial charge is 0.240 e. The van der Waals surface area contributed by atoms with E-state index in [0.717, 1.165) is 11.3 Å². The zero-order valence-electron chi connectivity index (χ0n) is 16.6. The van der Waals surface area contributed by atoms with E-state index >= 15 is 0 Å². The molecule has 27 heavy (non-hydrogen) atoms. The average Bonchev–Trinajstić information content (AvgIpc) is 3.01. The van der Waals surface area contributed by atoms with Crippen LogP contribution in [0.3, 0.4) is 0 Å². The van der Waals surface area contributed by atoms with Crippen LogP contribution in [0.15, 0.2) is 23.4 Å². The largest absolute Gasteiger partial charge is 0.350 e. The SMILES string of the molecule is Cc1ccc(-n2nnnc2SCC(=O)N(C)CC(=O)NC(C)(C)C)cc1C. The lowest BCUT2D eigenvalue weighted by Gasteiger charge is -2.23. The molecule has 1 aromatic carbocycles. The highest BCUT2D eigenvalue weighted by atomic mass is 32.2. The highest BCUT2D eigenvalue weighted by Gasteiger charge is 2.19. The highest BCUT2D eigenvalue weighted by Crippen LogP contribution is 2.20. The Morgan fingerprint density at radius 3 is 2.56 bits per heavy atom. The summed E-state index contributed by atoms with van der Waals surface area (Å²) in [6.07, 6.45) is 0. The number of carbonyl (C=O) groups excluding carboxylic acids is 2. The van der Waals surface area contributed by atoms with Crippen molar-refractivity contribution in [3.63, 3.8) is 0 Å². The number of hydrogen-bond acceptors (Lipinski definition) is 6. The molecule has 0 aliphatic carbocycles. The second kappa shape index (κ2) is 8.51. The molecule has 2 rings (SSSR count). The number of thioether (sulfide) groups is 1. The molecule has 0 saturated heterocycles. The lowest BCUT2D eigenvalue weighted by Crippen LogP contribution is -2.46. The van der Waals surface area contributed by atoms with Crippen molar-refractivity contribution in [2.45, 2.75) is 45.3 Å². The molecule has 2 aromatic rings. The molecule has 0 fully saturated rings. The van der Waals surface area contributed by atoms with Crippen LogP contribution in [0.5, 0.6) is 0 Å². The Morgan fingerprint density at radius 1 is 1.22 bits per heavy atom. The van der Waals surface area contributed by atoms with Crippen LogP contribution in [0.4, 0.5) is 0 Å². The summed E-state index contributed by atoms with van der Waals surface area (Å²) >= 11 is 1.24. The number of benzene rings is 1. The molecular weight excluding hydrogens is 364 g/mol. The van der Waals surface area contributed by atoms with Gasteiger partial charge in [0, 0.05) is 12.6 Å². The van der Waals surface area contributed by atoms with Gasteiger partial charge in [-0.05, 0) is 68.3 Å². The summed E-state index contributed by atoms with van der Waals surface area (Å²) in [5.74, 6) is -0.216. The van der Waals surface area contributed by atoms with Crippen molar-refractivity contribution < 1.29 is 9.59 Å². The van der Waals surface area contributed by atoms with Crippen molar-refractivity contribution in [1.82, 2.24) is 30.4 Å². The zero-order valence-corrected chi connectivity index (χ0v) is 17.4. The van der Waals surface area contributed by atoms with Gasteiger partial charge in [0.1, 0.15) is 0 Å². The van der Waals surface area contributed by atoms with Gasteiger partial charge in [0.25, 0.3) is 0 Å². The number of tetrazole rings is 1. The summed E-state index contributed by atoms with van der Waals surface area (Å²) in [6.45, 7) is 9.77. The normalized spacial score (nSPS) is 11.3. The van der Waals surface area contributed by atoms with Gasteiger partial charge in [0.15, 0.2) is 0 Å². The van der Waals surface area contributed by atoms with E-state index in [1.54, 1.807) is 11.7 Å². The number of hydrogen-bond donors (Lipinski definition) is 1. The van der Waals surface area contributed by atoms with Crippen LogP contribution in [0.1, 0.15) is 31.9 Å². The van der Waals surface area contributed by atoms with E-state index < -0.39 is 0 Å². The molecule has 0 radical (unpaired) electrons. The Bertz CT molecular complexity index is 827. The Hall–Kier alpha value is -2.42. The lowest BCUT2D eigenvalue weighted by molar-refractivity contribution is -0.133. The van der Waals surface area contributed by atoms with Gasteiger partial charge in [-0.3, -0.25) is 9.59 Å². The van der Waals surface area contributed by atoms with Crippen LogP contribution in [-0.4, -0.2) is 61.8 Å². The van der Waals surface area contributed by atoms with Crippen LogP contribution in [0.2, 0.25) is 0 Å². The van der Waals surface area contributed by atoms with E-state index in [-0.39, 0.29) is 29.7 Å². The maximum absolute atomic E-state index is 12.3. The first-order valence-electron chi connectivity index (χ1n) is 8.60. The fourth-order valence-corrected chi connectivity index (χ4v) is 3.12. The van der Waals surface area contributed by atoms with Crippen LogP contribution < -0.4 is 5.32 Å². The number of rotatable bonds is 6. The van der Waals surface area contributed by atoms with E-state index in [1.807, 2.05) is 52.8 Å². The summed E-state index contributed by atoms with van der Waals surface area (Å²) in [7, 11) is 1.61.